The molecule has 17 heavy (non-hydrogen) atoms. The first-order valence-electron chi connectivity index (χ1n) is 4.97. The lowest BCUT2D eigenvalue weighted by molar-refractivity contribution is 0.463. The molecule has 1 rings (SSSR count). The molecule has 0 aliphatic carbocycles. The molecule has 92 valence electrons. The zero-order valence-corrected chi connectivity index (χ0v) is 11.2. The number of benzene rings is 1. The van der Waals surface area contributed by atoms with Gasteiger partial charge in [-0.25, -0.2) is 8.42 Å². The lowest BCUT2D eigenvalue weighted by Gasteiger charge is -2.18. The fourth-order valence-corrected chi connectivity index (χ4v) is 2.40. The van der Waals surface area contributed by atoms with Gasteiger partial charge in [-0.1, -0.05) is 23.7 Å². The predicted octanol–water partition coefficient (Wildman–Crippen LogP) is 2.01. The molecule has 0 amide bonds. The van der Waals surface area contributed by atoms with Crippen molar-refractivity contribution >= 4 is 21.6 Å². The summed E-state index contributed by atoms with van der Waals surface area (Å²) in [4.78, 5) is 0. The molecule has 0 spiro atoms. The molecule has 0 N–H and O–H groups in total. The Morgan fingerprint density at radius 2 is 1.94 bits per heavy atom. The summed E-state index contributed by atoms with van der Waals surface area (Å²) in [7, 11) is -2.10. The maximum Gasteiger partial charge on any atom is 0.230 e. The van der Waals surface area contributed by atoms with Crippen LogP contribution in [0.2, 0.25) is 5.02 Å². The summed E-state index contributed by atoms with van der Waals surface area (Å²) in [6.07, 6.45) is 0. The number of hydrogen-bond donors (Lipinski definition) is 0. The molecule has 0 radical (unpaired) electrons. The van der Waals surface area contributed by atoms with Gasteiger partial charge >= 0.3 is 0 Å². The first kappa shape index (κ1) is 14.0. The van der Waals surface area contributed by atoms with Gasteiger partial charge in [0.1, 0.15) is 0 Å². The van der Waals surface area contributed by atoms with Crippen molar-refractivity contribution in [3.63, 3.8) is 0 Å². The van der Waals surface area contributed by atoms with E-state index in [0.29, 0.717) is 5.02 Å². The average molecular weight is 273 g/mol. The number of halogens is 1. The molecule has 0 aliphatic heterocycles. The van der Waals surface area contributed by atoms with E-state index in [9.17, 15) is 8.42 Å². The summed E-state index contributed by atoms with van der Waals surface area (Å²) >= 11 is 5.74. The second-order valence-corrected chi connectivity index (χ2v) is 6.50. The Bertz CT molecular complexity index is 519. The first-order chi connectivity index (χ1) is 7.87. The van der Waals surface area contributed by atoms with Crippen LogP contribution in [0.15, 0.2) is 24.3 Å². The summed E-state index contributed by atoms with van der Waals surface area (Å²) < 4.78 is 24.8. The molecular weight excluding hydrogens is 260 g/mol. The Kier molecular flexibility index (Phi) is 4.52. The quantitative estimate of drug-likeness (QED) is 0.842. The molecule has 0 heterocycles. The van der Waals surface area contributed by atoms with E-state index in [4.69, 9.17) is 16.9 Å². The van der Waals surface area contributed by atoms with E-state index >= 15 is 0 Å². The van der Waals surface area contributed by atoms with Gasteiger partial charge in [-0.15, -0.1) is 0 Å². The molecule has 4 nitrogen and oxygen atoms in total. The molecule has 1 aromatic carbocycles. The molecule has 0 fully saturated rings. The Balaban J connectivity index is 2.83. The third-order valence-electron chi connectivity index (χ3n) is 2.38. The van der Waals surface area contributed by atoms with E-state index in [1.165, 1.54) is 18.3 Å². The van der Waals surface area contributed by atoms with E-state index in [0.717, 1.165) is 5.56 Å². The number of nitriles is 1. The molecule has 1 aromatic rings. The largest absolute Gasteiger partial charge is 0.230 e. The summed E-state index contributed by atoms with van der Waals surface area (Å²) in [5, 5.41) is 8.21. The van der Waals surface area contributed by atoms with E-state index in [-0.39, 0.29) is 6.54 Å². The number of hydrogen-bond acceptors (Lipinski definition) is 3. The third kappa shape index (κ3) is 3.43. The fraction of sp³-hybridized carbons (Fsp3) is 0.364. The normalized spacial score (nSPS) is 13.4. The van der Waals surface area contributed by atoms with Crippen LogP contribution in [0.25, 0.3) is 0 Å². The minimum absolute atomic E-state index is 0.228. The number of nitrogens with zero attached hydrogens (tertiary/aromatic N) is 2. The third-order valence-corrected chi connectivity index (χ3v) is 4.63. The van der Waals surface area contributed by atoms with Gasteiger partial charge in [0.05, 0.1) is 6.07 Å². The highest BCUT2D eigenvalue weighted by Gasteiger charge is 2.25. The standard InChI is InChI=1S/C11H13ClN2O2S/c1-9(7-13)17(15,16)14(2)8-10-3-5-11(12)6-4-10/h3-6,9H,8H2,1-2H3. The Hall–Kier alpha value is -1.09. The van der Waals surface area contributed by atoms with Crippen LogP contribution < -0.4 is 0 Å². The van der Waals surface area contributed by atoms with E-state index < -0.39 is 15.3 Å². The maximum absolute atomic E-state index is 11.8. The van der Waals surface area contributed by atoms with Crippen molar-refractivity contribution in [3.05, 3.63) is 34.9 Å². The van der Waals surface area contributed by atoms with Gasteiger partial charge in [-0.3, -0.25) is 0 Å². The summed E-state index contributed by atoms with van der Waals surface area (Å²) in [5.41, 5.74) is 0.825. The minimum atomic E-state index is -3.56. The SMILES string of the molecule is CC(C#N)S(=O)(=O)N(C)Cc1ccc(Cl)cc1. The lowest BCUT2D eigenvalue weighted by Crippen LogP contribution is -2.33. The summed E-state index contributed by atoms with van der Waals surface area (Å²) in [6, 6.07) is 8.64. The van der Waals surface area contributed by atoms with Crippen LogP contribution in [0.4, 0.5) is 0 Å². The van der Waals surface area contributed by atoms with Gasteiger partial charge in [0.2, 0.25) is 10.0 Å². The molecule has 1 unspecified atom stereocenters. The molecule has 6 heteroatoms. The van der Waals surface area contributed by atoms with Gasteiger partial charge in [0, 0.05) is 18.6 Å². The van der Waals surface area contributed by atoms with E-state index in [2.05, 4.69) is 0 Å². The van der Waals surface area contributed by atoms with Gasteiger partial charge < -0.3 is 0 Å². The van der Waals surface area contributed by atoms with Gasteiger partial charge in [-0.05, 0) is 24.6 Å². The zero-order chi connectivity index (χ0) is 13.1. The highest BCUT2D eigenvalue weighted by molar-refractivity contribution is 7.89. The molecular formula is C11H13ClN2O2S. The molecule has 1 atom stereocenters. The van der Waals surface area contributed by atoms with Crippen molar-refractivity contribution in [2.75, 3.05) is 7.05 Å². The Morgan fingerprint density at radius 1 is 1.41 bits per heavy atom. The van der Waals surface area contributed by atoms with Crippen LogP contribution >= 0.6 is 11.6 Å². The number of rotatable bonds is 4. The van der Waals surface area contributed by atoms with Gasteiger partial charge in [0.25, 0.3) is 0 Å². The second-order valence-electron chi connectivity index (χ2n) is 3.70. The van der Waals surface area contributed by atoms with Crippen molar-refractivity contribution < 1.29 is 8.42 Å². The topological polar surface area (TPSA) is 61.2 Å². The average Bonchev–Trinajstić information content (AvgIpc) is 2.30. The van der Waals surface area contributed by atoms with Gasteiger partial charge in [0.15, 0.2) is 5.25 Å². The lowest BCUT2D eigenvalue weighted by atomic mass is 10.2. The van der Waals surface area contributed by atoms with Crippen LogP contribution in [0.5, 0.6) is 0 Å². The van der Waals surface area contributed by atoms with Crippen molar-refractivity contribution in [1.29, 1.82) is 5.26 Å². The maximum atomic E-state index is 11.8. The van der Waals surface area contributed by atoms with Crippen LogP contribution in [0.1, 0.15) is 12.5 Å². The number of sulfonamides is 1. The summed E-state index contributed by atoms with van der Waals surface area (Å²) in [5.74, 6) is 0. The van der Waals surface area contributed by atoms with Crippen LogP contribution in [0, 0.1) is 11.3 Å². The molecule has 0 saturated heterocycles. The molecule has 0 bridgehead atoms. The molecule has 0 aliphatic rings. The first-order valence-corrected chi connectivity index (χ1v) is 6.85. The van der Waals surface area contributed by atoms with Crippen molar-refractivity contribution in [3.8, 4) is 6.07 Å². The fourth-order valence-electron chi connectivity index (χ4n) is 1.27. The smallest absolute Gasteiger partial charge is 0.211 e. The second kappa shape index (κ2) is 5.50. The van der Waals surface area contributed by atoms with Crippen LogP contribution in [-0.4, -0.2) is 25.0 Å². The van der Waals surface area contributed by atoms with E-state index in [1.54, 1.807) is 30.3 Å². The minimum Gasteiger partial charge on any atom is -0.211 e. The monoisotopic (exact) mass is 272 g/mol. The molecule has 0 aromatic heterocycles. The highest BCUT2D eigenvalue weighted by Crippen LogP contribution is 2.14. The predicted molar refractivity (Wildman–Crippen MR) is 66.9 cm³/mol. The highest BCUT2D eigenvalue weighted by atomic mass is 35.5. The molecule has 0 saturated carbocycles. The van der Waals surface area contributed by atoms with Crippen LogP contribution in [-0.2, 0) is 16.6 Å². The zero-order valence-electron chi connectivity index (χ0n) is 9.59. The summed E-state index contributed by atoms with van der Waals surface area (Å²) in [6.45, 7) is 1.60. The van der Waals surface area contributed by atoms with Gasteiger partial charge in [-0.2, -0.15) is 9.57 Å². The van der Waals surface area contributed by atoms with Crippen molar-refractivity contribution in [2.45, 2.75) is 18.7 Å². The van der Waals surface area contributed by atoms with E-state index in [1.807, 2.05) is 0 Å². The van der Waals surface area contributed by atoms with Crippen molar-refractivity contribution in [1.82, 2.24) is 4.31 Å². The van der Waals surface area contributed by atoms with Crippen LogP contribution in [0.3, 0.4) is 0 Å². The Labute approximate surface area is 106 Å². The van der Waals surface area contributed by atoms with Crippen molar-refractivity contribution in [2.24, 2.45) is 0 Å². The Morgan fingerprint density at radius 3 is 2.41 bits per heavy atom.